The Kier molecular flexibility index (Phi) is 6.53. The van der Waals surface area contributed by atoms with E-state index in [1.165, 1.54) is 30.4 Å². The lowest BCUT2D eigenvalue weighted by molar-refractivity contribution is -0.120. The molecule has 2 aromatic carbocycles. The van der Waals surface area contributed by atoms with Crippen LogP contribution < -0.4 is 19.9 Å². The second-order valence-corrected chi connectivity index (χ2v) is 6.82. The van der Waals surface area contributed by atoms with E-state index in [0.717, 1.165) is 24.5 Å². The maximum absolute atomic E-state index is 12.5. The molecule has 6 nitrogen and oxygen atoms in total. The van der Waals surface area contributed by atoms with Gasteiger partial charge in [0.05, 0.1) is 6.61 Å². The minimum absolute atomic E-state index is 0.0445. The Labute approximate surface area is 166 Å². The number of amides is 2. The minimum atomic E-state index is -0.238. The first-order valence-electron chi connectivity index (χ1n) is 9.72. The lowest BCUT2D eigenvalue weighted by Gasteiger charge is -2.21. The quantitative estimate of drug-likeness (QED) is 0.795. The van der Waals surface area contributed by atoms with Gasteiger partial charge in [-0.15, -0.1) is 0 Å². The summed E-state index contributed by atoms with van der Waals surface area (Å²) in [7, 11) is 0. The molecule has 148 valence electrons. The van der Waals surface area contributed by atoms with Crippen LogP contribution in [0.1, 0.15) is 26.7 Å². The summed E-state index contributed by atoms with van der Waals surface area (Å²) in [5.41, 5.74) is 2.56. The second kappa shape index (κ2) is 9.26. The van der Waals surface area contributed by atoms with Crippen molar-refractivity contribution >= 4 is 28.9 Å². The monoisotopic (exact) mass is 381 g/mol. The van der Waals surface area contributed by atoms with Crippen LogP contribution >= 0.6 is 0 Å². The molecule has 2 amide bonds. The van der Waals surface area contributed by atoms with Crippen molar-refractivity contribution in [3.63, 3.8) is 0 Å². The molecule has 1 fully saturated rings. The van der Waals surface area contributed by atoms with Crippen LogP contribution in [-0.4, -0.2) is 38.1 Å². The summed E-state index contributed by atoms with van der Waals surface area (Å²) < 4.78 is 5.42. The predicted octanol–water partition coefficient (Wildman–Crippen LogP) is 3.68. The van der Waals surface area contributed by atoms with Crippen LogP contribution in [0.4, 0.5) is 17.1 Å². The van der Waals surface area contributed by atoms with Crippen LogP contribution in [0.25, 0.3) is 0 Å². The third-order valence-electron chi connectivity index (χ3n) is 4.76. The third-order valence-corrected chi connectivity index (χ3v) is 4.76. The van der Waals surface area contributed by atoms with Gasteiger partial charge >= 0.3 is 0 Å². The molecule has 3 rings (SSSR count). The van der Waals surface area contributed by atoms with Gasteiger partial charge < -0.3 is 19.9 Å². The normalized spacial score (nSPS) is 13.3. The number of anilines is 3. The van der Waals surface area contributed by atoms with Crippen LogP contribution in [-0.2, 0) is 9.59 Å². The molecule has 28 heavy (non-hydrogen) atoms. The Bertz CT molecular complexity index is 797. The molecule has 0 radical (unpaired) electrons. The van der Waals surface area contributed by atoms with Crippen LogP contribution in [0.3, 0.4) is 0 Å². The summed E-state index contributed by atoms with van der Waals surface area (Å²) in [6, 6.07) is 15.0. The summed E-state index contributed by atoms with van der Waals surface area (Å²) in [5, 5.41) is 2.87. The lowest BCUT2D eigenvalue weighted by atomic mass is 10.2. The number of carbonyl (C=O) groups is 2. The van der Waals surface area contributed by atoms with Crippen molar-refractivity contribution in [1.29, 1.82) is 0 Å². The summed E-state index contributed by atoms with van der Waals surface area (Å²) in [4.78, 5) is 28.3. The Hall–Kier alpha value is -3.02. The molecule has 1 heterocycles. The number of nitrogens with zero attached hydrogens (tertiary/aromatic N) is 2. The smallest absolute Gasteiger partial charge is 0.244 e. The predicted molar refractivity (Wildman–Crippen MR) is 112 cm³/mol. The average Bonchev–Trinajstić information content (AvgIpc) is 3.22. The fraction of sp³-hybridized carbons (Fsp3) is 0.364. The maximum Gasteiger partial charge on any atom is 0.244 e. The molecule has 2 aromatic rings. The SMILES string of the molecule is CCOc1ccc(N(CC(=O)Nc2ccc(N3CCCC3)cc2)C(C)=O)cc1. The molecule has 0 aromatic heterocycles. The van der Waals surface area contributed by atoms with Crippen molar-refractivity contribution in [3.05, 3.63) is 48.5 Å². The third kappa shape index (κ3) is 5.03. The lowest BCUT2D eigenvalue weighted by Crippen LogP contribution is -2.36. The van der Waals surface area contributed by atoms with Crippen molar-refractivity contribution < 1.29 is 14.3 Å². The Balaban J connectivity index is 1.61. The van der Waals surface area contributed by atoms with Gasteiger partial charge in [0.1, 0.15) is 12.3 Å². The van der Waals surface area contributed by atoms with Crippen molar-refractivity contribution in [1.82, 2.24) is 0 Å². The fourth-order valence-electron chi connectivity index (χ4n) is 3.35. The number of hydrogen-bond donors (Lipinski definition) is 1. The summed E-state index contributed by atoms with van der Waals surface area (Å²) in [5.74, 6) is 0.305. The van der Waals surface area contributed by atoms with Gasteiger partial charge in [0, 0.05) is 37.1 Å². The van der Waals surface area contributed by atoms with Gasteiger partial charge in [-0.25, -0.2) is 0 Å². The Morgan fingerprint density at radius 3 is 2.25 bits per heavy atom. The number of carbonyl (C=O) groups excluding carboxylic acids is 2. The first kappa shape index (κ1) is 19.7. The number of benzene rings is 2. The molecule has 1 saturated heterocycles. The van der Waals surface area contributed by atoms with Crippen LogP contribution in [0, 0.1) is 0 Å². The molecule has 1 aliphatic heterocycles. The first-order valence-corrected chi connectivity index (χ1v) is 9.72. The van der Waals surface area contributed by atoms with Crippen LogP contribution in [0.2, 0.25) is 0 Å². The molecule has 0 unspecified atom stereocenters. The molecule has 1 aliphatic rings. The molecular formula is C22H27N3O3. The van der Waals surface area contributed by atoms with Crippen LogP contribution in [0.15, 0.2) is 48.5 Å². The van der Waals surface area contributed by atoms with Gasteiger partial charge in [0.25, 0.3) is 0 Å². The summed E-state index contributed by atoms with van der Waals surface area (Å²) in [6.07, 6.45) is 2.45. The highest BCUT2D eigenvalue weighted by atomic mass is 16.5. The molecule has 0 spiro atoms. The van der Waals surface area contributed by atoms with Crippen molar-refractivity contribution in [2.24, 2.45) is 0 Å². The zero-order valence-corrected chi connectivity index (χ0v) is 16.5. The number of nitrogens with one attached hydrogen (secondary N) is 1. The molecule has 0 bridgehead atoms. The van der Waals surface area contributed by atoms with E-state index in [9.17, 15) is 9.59 Å². The fourth-order valence-corrected chi connectivity index (χ4v) is 3.35. The van der Waals surface area contributed by atoms with Crippen LogP contribution in [0.5, 0.6) is 5.75 Å². The molecule has 0 atom stereocenters. The van der Waals surface area contributed by atoms with Gasteiger partial charge in [-0.05, 0) is 68.3 Å². The highest BCUT2D eigenvalue weighted by Gasteiger charge is 2.17. The molecule has 6 heteroatoms. The van der Waals surface area contributed by atoms with E-state index >= 15 is 0 Å². The highest BCUT2D eigenvalue weighted by molar-refractivity contribution is 6.01. The largest absolute Gasteiger partial charge is 0.494 e. The van der Waals surface area contributed by atoms with E-state index in [-0.39, 0.29) is 18.4 Å². The molecule has 0 saturated carbocycles. The van der Waals surface area contributed by atoms with E-state index in [1.807, 2.05) is 31.2 Å². The van der Waals surface area contributed by atoms with E-state index in [0.29, 0.717) is 12.3 Å². The van der Waals surface area contributed by atoms with Gasteiger partial charge in [-0.3, -0.25) is 9.59 Å². The average molecular weight is 381 g/mol. The number of rotatable bonds is 7. The Morgan fingerprint density at radius 2 is 1.68 bits per heavy atom. The van der Waals surface area contributed by atoms with Gasteiger partial charge in [0.2, 0.25) is 11.8 Å². The zero-order chi connectivity index (χ0) is 19.9. The van der Waals surface area contributed by atoms with E-state index < -0.39 is 0 Å². The molecule has 1 N–H and O–H groups in total. The van der Waals surface area contributed by atoms with E-state index in [1.54, 1.807) is 24.3 Å². The van der Waals surface area contributed by atoms with Gasteiger partial charge in [0.15, 0.2) is 0 Å². The second-order valence-electron chi connectivity index (χ2n) is 6.82. The zero-order valence-electron chi connectivity index (χ0n) is 16.5. The topological polar surface area (TPSA) is 61.9 Å². The molecule has 0 aliphatic carbocycles. The van der Waals surface area contributed by atoms with E-state index in [4.69, 9.17) is 4.74 Å². The molecular weight excluding hydrogens is 354 g/mol. The standard InChI is InChI=1S/C22H27N3O3/c1-3-28-21-12-10-20(11-13-21)25(17(2)26)16-22(27)23-18-6-8-19(9-7-18)24-14-4-5-15-24/h6-13H,3-5,14-16H2,1-2H3,(H,23,27). The highest BCUT2D eigenvalue weighted by Crippen LogP contribution is 2.23. The maximum atomic E-state index is 12.5. The first-order chi connectivity index (χ1) is 13.6. The van der Waals surface area contributed by atoms with Crippen molar-refractivity contribution in [3.8, 4) is 5.75 Å². The van der Waals surface area contributed by atoms with Gasteiger partial charge in [-0.1, -0.05) is 0 Å². The summed E-state index contributed by atoms with van der Waals surface area (Å²) >= 11 is 0. The van der Waals surface area contributed by atoms with Gasteiger partial charge in [-0.2, -0.15) is 0 Å². The van der Waals surface area contributed by atoms with Crippen molar-refractivity contribution in [2.45, 2.75) is 26.7 Å². The number of ether oxygens (including phenoxy) is 1. The van der Waals surface area contributed by atoms with Crippen molar-refractivity contribution in [2.75, 3.05) is 41.4 Å². The Morgan fingerprint density at radius 1 is 1.04 bits per heavy atom. The van der Waals surface area contributed by atoms with E-state index in [2.05, 4.69) is 10.2 Å². The summed E-state index contributed by atoms with van der Waals surface area (Å²) in [6.45, 7) is 6.07. The minimum Gasteiger partial charge on any atom is -0.494 e. The number of hydrogen-bond acceptors (Lipinski definition) is 4.